The fraction of sp³-hybridized carbons (Fsp3) is 1.00. The highest BCUT2D eigenvalue weighted by molar-refractivity contribution is 4.89. The molecule has 0 amide bonds. The van der Waals surface area contributed by atoms with E-state index in [1.165, 1.54) is 19.4 Å². The minimum absolute atomic E-state index is 0.411. The van der Waals surface area contributed by atoms with Crippen LogP contribution < -0.4 is 5.73 Å². The number of likely N-dealkylation sites (tertiary alicyclic amines) is 1. The Balaban J connectivity index is 2.48. The third-order valence-corrected chi connectivity index (χ3v) is 2.81. The van der Waals surface area contributed by atoms with Gasteiger partial charge in [0.05, 0.1) is 0 Å². The number of hydrogen-bond acceptors (Lipinski definition) is 2. The van der Waals surface area contributed by atoms with Gasteiger partial charge in [0.15, 0.2) is 0 Å². The molecule has 1 heterocycles. The van der Waals surface area contributed by atoms with Crippen LogP contribution in [0.4, 0.5) is 0 Å². The van der Waals surface area contributed by atoms with Crippen LogP contribution in [0, 0.1) is 0 Å². The minimum Gasteiger partial charge on any atom is -0.330 e. The molecule has 1 fully saturated rings. The maximum absolute atomic E-state index is 5.53. The van der Waals surface area contributed by atoms with Crippen LogP contribution in [0.3, 0.4) is 0 Å². The molecule has 10 heavy (non-hydrogen) atoms. The quantitative estimate of drug-likeness (QED) is 0.618. The molecule has 60 valence electrons. The van der Waals surface area contributed by atoms with E-state index in [1.807, 2.05) is 0 Å². The Labute approximate surface area is 63.4 Å². The molecule has 0 aromatic carbocycles. The van der Waals surface area contributed by atoms with E-state index in [0.717, 1.165) is 13.0 Å². The molecule has 1 aliphatic rings. The molecule has 0 radical (unpaired) electrons. The van der Waals surface area contributed by atoms with Crippen molar-refractivity contribution >= 4 is 0 Å². The van der Waals surface area contributed by atoms with Crippen LogP contribution in [0.15, 0.2) is 0 Å². The topological polar surface area (TPSA) is 29.3 Å². The number of hydrogen-bond donors (Lipinski definition) is 1. The van der Waals surface area contributed by atoms with E-state index in [4.69, 9.17) is 5.73 Å². The first-order chi connectivity index (χ1) is 4.69. The third-order valence-electron chi connectivity index (χ3n) is 2.81. The van der Waals surface area contributed by atoms with Gasteiger partial charge in [-0.3, -0.25) is 0 Å². The summed E-state index contributed by atoms with van der Waals surface area (Å²) >= 11 is 0. The van der Waals surface area contributed by atoms with Gasteiger partial charge in [-0.15, -0.1) is 0 Å². The van der Waals surface area contributed by atoms with Crippen LogP contribution >= 0.6 is 0 Å². The van der Waals surface area contributed by atoms with Crippen LogP contribution in [0.25, 0.3) is 0 Å². The highest BCUT2D eigenvalue weighted by Crippen LogP contribution is 2.29. The van der Waals surface area contributed by atoms with Gasteiger partial charge in [0, 0.05) is 5.54 Å². The molecule has 2 N–H and O–H groups in total. The summed E-state index contributed by atoms with van der Waals surface area (Å²) in [7, 11) is 2.20. The normalized spacial score (nSPS) is 35.1. The fourth-order valence-corrected chi connectivity index (χ4v) is 1.78. The van der Waals surface area contributed by atoms with E-state index in [-0.39, 0.29) is 0 Å². The third kappa shape index (κ3) is 1.32. The molecule has 2 heteroatoms. The molecule has 0 aromatic rings. The van der Waals surface area contributed by atoms with Crippen LogP contribution in [-0.4, -0.2) is 30.6 Å². The second kappa shape index (κ2) is 2.89. The van der Waals surface area contributed by atoms with E-state index in [2.05, 4.69) is 18.9 Å². The first-order valence-electron chi connectivity index (χ1n) is 4.10. The van der Waals surface area contributed by atoms with E-state index >= 15 is 0 Å². The average Bonchev–Trinajstić information content (AvgIpc) is 2.15. The fourth-order valence-electron chi connectivity index (χ4n) is 1.78. The molecule has 1 unspecified atom stereocenters. The Bertz CT molecular complexity index is 114. The Morgan fingerprint density at radius 3 is 2.70 bits per heavy atom. The molecule has 0 aliphatic carbocycles. The van der Waals surface area contributed by atoms with Crippen LogP contribution in [-0.2, 0) is 0 Å². The lowest BCUT2D eigenvalue weighted by molar-refractivity contribution is 0.185. The smallest absolute Gasteiger partial charge is 0.0190 e. The summed E-state index contributed by atoms with van der Waals surface area (Å²) in [4.78, 5) is 2.43. The molecular weight excluding hydrogens is 124 g/mol. The van der Waals surface area contributed by atoms with E-state index < -0.39 is 0 Å². The Morgan fingerprint density at radius 1 is 1.60 bits per heavy atom. The van der Waals surface area contributed by atoms with Gasteiger partial charge in [0.25, 0.3) is 0 Å². The Morgan fingerprint density at radius 2 is 2.30 bits per heavy atom. The van der Waals surface area contributed by atoms with Crippen LogP contribution in [0.1, 0.15) is 26.2 Å². The van der Waals surface area contributed by atoms with Gasteiger partial charge in [-0.05, 0) is 46.3 Å². The van der Waals surface area contributed by atoms with E-state index in [1.54, 1.807) is 0 Å². The maximum Gasteiger partial charge on any atom is 0.0190 e. The van der Waals surface area contributed by atoms with Gasteiger partial charge in [0.1, 0.15) is 0 Å². The molecule has 1 atom stereocenters. The van der Waals surface area contributed by atoms with Crippen molar-refractivity contribution in [3.8, 4) is 0 Å². The second-order valence-corrected chi connectivity index (χ2v) is 3.56. The van der Waals surface area contributed by atoms with Crippen molar-refractivity contribution < 1.29 is 0 Å². The first kappa shape index (κ1) is 8.02. The minimum atomic E-state index is 0.411. The Hall–Kier alpha value is -0.0800. The molecular formula is C8H18N2. The largest absolute Gasteiger partial charge is 0.330 e. The van der Waals surface area contributed by atoms with Gasteiger partial charge >= 0.3 is 0 Å². The predicted molar refractivity (Wildman–Crippen MR) is 43.9 cm³/mol. The standard InChI is InChI=1S/C8H18N2/c1-8(5-6-9)4-3-7-10(8)2/h3-7,9H2,1-2H3. The number of rotatable bonds is 2. The van der Waals surface area contributed by atoms with Crippen molar-refractivity contribution in [2.75, 3.05) is 20.1 Å². The lowest BCUT2D eigenvalue weighted by Gasteiger charge is -2.31. The van der Waals surface area contributed by atoms with Gasteiger partial charge in [-0.25, -0.2) is 0 Å². The van der Waals surface area contributed by atoms with Gasteiger partial charge < -0.3 is 10.6 Å². The molecule has 0 aromatic heterocycles. The summed E-state index contributed by atoms with van der Waals surface area (Å²) < 4.78 is 0. The zero-order valence-corrected chi connectivity index (χ0v) is 7.06. The van der Waals surface area contributed by atoms with E-state index in [9.17, 15) is 0 Å². The highest BCUT2D eigenvalue weighted by atomic mass is 15.2. The van der Waals surface area contributed by atoms with Crippen molar-refractivity contribution in [2.24, 2.45) is 5.73 Å². The maximum atomic E-state index is 5.53. The van der Waals surface area contributed by atoms with Crippen LogP contribution in [0.2, 0.25) is 0 Å². The Kier molecular flexibility index (Phi) is 2.32. The van der Waals surface area contributed by atoms with Crippen molar-refractivity contribution in [3.05, 3.63) is 0 Å². The summed E-state index contributed by atoms with van der Waals surface area (Å²) in [5.41, 5.74) is 5.94. The predicted octanol–water partition coefficient (Wildman–Crippen LogP) is 0.819. The van der Waals surface area contributed by atoms with Crippen molar-refractivity contribution in [1.82, 2.24) is 4.90 Å². The average molecular weight is 142 g/mol. The van der Waals surface area contributed by atoms with Gasteiger partial charge in [0.2, 0.25) is 0 Å². The van der Waals surface area contributed by atoms with Crippen molar-refractivity contribution in [1.29, 1.82) is 0 Å². The van der Waals surface area contributed by atoms with Gasteiger partial charge in [-0.1, -0.05) is 0 Å². The summed E-state index contributed by atoms with van der Waals surface area (Å²) in [6, 6.07) is 0. The summed E-state index contributed by atoms with van der Waals surface area (Å²) in [6.07, 6.45) is 3.80. The van der Waals surface area contributed by atoms with Gasteiger partial charge in [-0.2, -0.15) is 0 Å². The number of nitrogens with two attached hydrogens (primary N) is 1. The lowest BCUT2D eigenvalue weighted by atomic mass is 9.95. The second-order valence-electron chi connectivity index (χ2n) is 3.56. The monoisotopic (exact) mass is 142 g/mol. The van der Waals surface area contributed by atoms with Crippen molar-refractivity contribution in [2.45, 2.75) is 31.7 Å². The molecule has 0 bridgehead atoms. The zero-order chi connectivity index (χ0) is 7.61. The summed E-state index contributed by atoms with van der Waals surface area (Å²) in [5.74, 6) is 0. The highest BCUT2D eigenvalue weighted by Gasteiger charge is 2.32. The van der Waals surface area contributed by atoms with Crippen LogP contribution in [0.5, 0.6) is 0 Å². The van der Waals surface area contributed by atoms with E-state index in [0.29, 0.717) is 5.54 Å². The first-order valence-corrected chi connectivity index (χ1v) is 4.10. The molecule has 2 nitrogen and oxygen atoms in total. The summed E-state index contributed by atoms with van der Waals surface area (Å²) in [5, 5.41) is 0. The molecule has 1 aliphatic heterocycles. The molecule has 1 saturated heterocycles. The zero-order valence-electron chi connectivity index (χ0n) is 7.06. The molecule has 0 saturated carbocycles. The molecule has 1 rings (SSSR count). The molecule has 0 spiro atoms. The van der Waals surface area contributed by atoms with Crippen molar-refractivity contribution in [3.63, 3.8) is 0 Å². The number of nitrogens with zero attached hydrogens (tertiary/aromatic N) is 1. The SMILES string of the molecule is CN1CCCC1(C)CCN. The summed E-state index contributed by atoms with van der Waals surface area (Å²) in [6.45, 7) is 4.38. The lowest BCUT2D eigenvalue weighted by Crippen LogP contribution is -2.39.